The van der Waals surface area contributed by atoms with E-state index in [0.29, 0.717) is 24.2 Å². The van der Waals surface area contributed by atoms with Gasteiger partial charge in [0.05, 0.1) is 12.8 Å². The summed E-state index contributed by atoms with van der Waals surface area (Å²) in [5.74, 6) is 1.41. The van der Waals surface area contributed by atoms with Crippen LogP contribution in [-0.2, 0) is 0 Å². The molecule has 0 unspecified atom stereocenters. The fraction of sp³-hybridized carbons (Fsp3) is 0.333. The minimum atomic E-state index is -0.00246. The summed E-state index contributed by atoms with van der Waals surface area (Å²) in [6, 6.07) is 3.41. The monoisotopic (exact) mass is 276 g/mol. The molecule has 0 atom stereocenters. The first-order valence-corrected chi connectivity index (χ1v) is 6.06. The van der Waals surface area contributed by atoms with E-state index in [1.807, 2.05) is 0 Å². The number of hydrogen-bond acceptors (Lipinski definition) is 8. The zero-order valence-corrected chi connectivity index (χ0v) is 11.3. The summed E-state index contributed by atoms with van der Waals surface area (Å²) in [7, 11) is 0. The molecule has 0 aliphatic rings. The van der Waals surface area contributed by atoms with E-state index < -0.39 is 0 Å². The number of anilines is 2. The smallest absolute Gasteiger partial charge is 0.328 e. The van der Waals surface area contributed by atoms with Gasteiger partial charge in [0.2, 0.25) is 17.8 Å². The molecule has 0 spiro atoms. The number of pyridine rings is 1. The second-order valence-electron chi connectivity index (χ2n) is 4.47. The van der Waals surface area contributed by atoms with Crippen LogP contribution in [0.25, 0.3) is 0 Å². The van der Waals surface area contributed by atoms with Gasteiger partial charge in [0.15, 0.2) is 0 Å². The van der Waals surface area contributed by atoms with Gasteiger partial charge in [-0.05, 0) is 12.0 Å². The van der Waals surface area contributed by atoms with Crippen molar-refractivity contribution in [2.24, 2.45) is 5.92 Å². The molecule has 0 saturated carbocycles. The quantitative estimate of drug-likeness (QED) is 0.836. The van der Waals surface area contributed by atoms with Crippen molar-refractivity contribution in [3.8, 4) is 17.6 Å². The van der Waals surface area contributed by atoms with Gasteiger partial charge in [-0.1, -0.05) is 13.8 Å². The van der Waals surface area contributed by atoms with Gasteiger partial charge in [0.1, 0.15) is 5.75 Å². The lowest BCUT2D eigenvalue weighted by Gasteiger charge is -2.08. The normalized spacial score (nSPS) is 10.6. The Morgan fingerprint density at radius 1 is 1.10 bits per heavy atom. The number of nitrogen functional groups attached to an aromatic ring is 2. The van der Waals surface area contributed by atoms with Crippen LogP contribution in [0.3, 0.4) is 0 Å². The topological polar surface area (TPSA) is 122 Å². The van der Waals surface area contributed by atoms with Gasteiger partial charge in [-0.15, -0.1) is 0 Å². The summed E-state index contributed by atoms with van der Waals surface area (Å²) in [5.41, 5.74) is 10.9. The maximum atomic E-state index is 5.46. The Balaban J connectivity index is 2.03. The number of ether oxygens (including phenoxy) is 2. The number of nitrogens with two attached hydrogens (primary N) is 2. The predicted octanol–water partition coefficient (Wildman–Crippen LogP) is 1.26. The third-order valence-corrected chi connectivity index (χ3v) is 2.13. The Kier molecular flexibility index (Phi) is 4.14. The van der Waals surface area contributed by atoms with E-state index in [1.54, 1.807) is 12.1 Å². The van der Waals surface area contributed by atoms with Crippen LogP contribution in [-0.4, -0.2) is 26.5 Å². The number of hydrogen-bond donors (Lipinski definition) is 2. The molecule has 20 heavy (non-hydrogen) atoms. The Hall–Kier alpha value is -2.64. The molecule has 2 heterocycles. The minimum Gasteiger partial charge on any atom is -0.477 e. The van der Waals surface area contributed by atoms with Crippen LogP contribution in [0.5, 0.6) is 17.6 Å². The van der Waals surface area contributed by atoms with E-state index in [4.69, 9.17) is 20.9 Å². The molecule has 0 bridgehead atoms. The highest BCUT2D eigenvalue weighted by Gasteiger charge is 2.05. The van der Waals surface area contributed by atoms with E-state index in [9.17, 15) is 0 Å². The van der Waals surface area contributed by atoms with Crippen LogP contribution in [0.1, 0.15) is 13.8 Å². The third-order valence-electron chi connectivity index (χ3n) is 2.13. The lowest BCUT2D eigenvalue weighted by atomic mass is 10.2. The average Bonchev–Trinajstić information content (AvgIpc) is 2.36. The third kappa shape index (κ3) is 3.94. The van der Waals surface area contributed by atoms with Crippen molar-refractivity contribution in [3.05, 3.63) is 18.3 Å². The van der Waals surface area contributed by atoms with Gasteiger partial charge in [0.25, 0.3) is 0 Å². The van der Waals surface area contributed by atoms with Gasteiger partial charge < -0.3 is 20.9 Å². The molecule has 106 valence electrons. The minimum absolute atomic E-state index is 0.00246. The molecule has 8 nitrogen and oxygen atoms in total. The van der Waals surface area contributed by atoms with Crippen molar-refractivity contribution in [3.63, 3.8) is 0 Å². The molecule has 0 fully saturated rings. The number of rotatable bonds is 5. The molecule has 0 radical (unpaired) electrons. The summed E-state index contributed by atoms with van der Waals surface area (Å²) in [6.45, 7) is 4.73. The zero-order chi connectivity index (χ0) is 14.5. The molecule has 2 rings (SSSR count). The Morgan fingerprint density at radius 2 is 1.80 bits per heavy atom. The summed E-state index contributed by atoms with van der Waals surface area (Å²) >= 11 is 0. The highest BCUT2D eigenvalue weighted by molar-refractivity contribution is 5.31. The van der Waals surface area contributed by atoms with Gasteiger partial charge in [-0.3, -0.25) is 0 Å². The zero-order valence-electron chi connectivity index (χ0n) is 11.3. The van der Waals surface area contributed by atoms with E-state index in [-0.39, 0.29) is 17.9 Å². The average molecular weight is 276 g/mol. The maximum Gasteiger partial charge on any atom is 0.328 e. The lowest BCUT2D eigenvalue weighted by Crippen LogP contribution is -2.06. The molecule has 4 N–H and O–H groups in total. The molecular formula is C12H16N6O2. The Morgan fingerprint density at radius 3 is 2.35 bits per heavy atom. The lowest BCUT2D eigenvalue weighted by molar-refractivity contribution is 0.261. The second kappa shape index (κ2) is 6.00. The van der Waals surface area contributed by atoms with Gasteiger partial charge in [0, 0.05) is 6.07 Å². The molecule has 2 aromatic rings. The first kappa shape index (κ1) is 13.8. The van der Waals surface area contributed by atoms with Crippen LogP contribution >= 0.6 is 0 Å². The fourth-order valence-corrected chi connectivity index (χ4v) is 1.30. The molecule has 0 aliphatic carbocycles. The number of aromatic nitrogens is 4. The Labute approximate surface area is 116 Å². The van der Waals surface area contributed by atoms with E-state index in [2.05, 4.69) is 33.8 Å². The predicted molar refractivity (Wildman–Crippen MR) is 73.3 cm³/mol. The van der Waals surface area contributed by atoms with Crippen LogP contribution in [0, 0.1) is 5.92 Å². The fourth-order valence-electron chi connectivity index (χ4n) is 1.30. The highest BCUT2D eigenvalue weighted by atomic mass is 16.5. The van der Waals surface area contributed by atoms with Crippen LogP contribution < -0.4 is 20.9 Å². The van der Waals surface area contributed by atoms with Gasteiger partial charge >= 0.3 is 6.01 Å². The van der Waals surface area contributed by atoms with Crippen molar-refractivity contribution in [2.45, 2.75) is 13.8 Å². The first-order chi connectivity index (χ1) is 9.52. The highest BCUT2D eigenvalue weighted by Crippen LogP contribution is 2.19. The van der Waals surface area contributed by atoms with Crippen molar-refractivity contribution in [1.29, 1.82) is 0 Å². The van der Waals surface area contributed by atoms with E-state index >= 15 is 0 Å². The first-order valence-electron chi connectivity index (χ1n) is 6.06. The second-order valence-corrected chi connectivity index (χ2v) is 4.47. The SMILES string of the molecule is CC(C)COc1ccc(Oc2nc(N)nc(N)n2)cn1. The Bertz CT molecular complexity index is 552. The summed E-state index contributed by atoms with van der Waals surface area (Å²) in [6.07, 6.45) is 1.51. The molecule has 2 aromatic heterocycles. The molecule has 0 aliphatic heterocycles. The van der Waals surface area contributed by atoms with Crippen molar-refractivity contribution in [2.75, 3.05) is 18.1 Å². The van der Waals surface area contributed by atoms with Crippen LogP contribution in [0.15, 0.2) is 18.3 Å². The molecule has 0 amide bonds. The largest absolute Gasteiger partial charge is 0.477 e. The molecule has 8 heteroatoms. The number of nitrogens with zero attached hydrogens (tertiary/aromatic N) is 4. The van der Waals surface area contributed by atoms with Crippen LogP contribution in [0.4, 0.5) is 11.9 Å². The molecule has 0 saturated heterocycles. The summed E-state index contributed by atoms with van der Waals surface area (Å²) in [4.78, 5) is 15.4. The van der Waals surface area contributed by atoms with Crippen molar-refractivity contribution in [1.82, 2.24) is 19.9 Å². The van der Waals surface area contributed by atoms with Gasteiger partial charge in [-0.2, -0.15) is 15.0 Å². The van der Waals surface area contributed by atoms with Crippen molar-refractivity contribution >= 4 is 11.9 Å². The standard InChI is InChI=1S/C12H16N6O2/c1-7(2)6-19-9-4-3-8(5-15-9)20-12-17-10(13)16-11(14)18-12/h3-5,7H,6H2,1-2H3,(H4,13,14,16,17,18). The van der Waals surface area contributed by atoms with Crippen LogP contribution in [0.2, 0.25) is 0 Å². The molecule has 0 aromatic carbocycles. The van der Waals surface area contributed by atoms with Gasteiger partial charge in [-0.25, -0.2) is 4.98 Å². The van der Waals surface area contributed by atoms with Crippen molar-refractivity contribution < 1.29 is 9.47 Å². The summed E-state index contributed by atoms with van der Waals surface area (Å²) < 4.78 is 10.8. The molecular weight excluding hydrogens is 260 g/mol. The summed E-state index contributed by atoms with van der Waals surface area (Å²) in [5, 5.41) is 0. The van der Waals surface area contributed by atoms with E-state index in [1.165, 1.54) is 6.20 Å². The maximum absolute atomic E-state index is 5.46. The van der Waals surface area contributed by atoms with E-state index in [0.717, 1.165) is 0 Å².